The fourth-order valence-electron chi connectivity index (χ4n) is 12.7. The molecule has 7 N–H and O–H groups in total. The van der Waals surface area contributed by atoms with Crippen LogP contribution in [0.3, 0.4) is 0 Å². The predicted octanol–water partition coefficient (Wildman–Crippen LogP) is 4.40. The third-order valence-electron chi connectivity index (χ3n) is 17.8. The van der Waals surface area contributed by atoms with Crippen LogP contribution in [0.1, 0.15) is 195 Å². The monoisotopic (exact) mass is 1650 g/mol. The van der Waals surface area contributed by atoms with E-state index in [0.29, 0.717) is 25.3 Å². The van der Waals surface area contributed by atoms with Crippen LogP contribution in [0.4, 0.5) is 0 Å². The maximum Gasteiger partial charge on any atom is 0.325 e. The molecule has 0 saturated carbocycles. The van der Waals surface area contributed by atoms with Crippen molar-refractivity contribution in [3.05, 3.63) is 52.7 Å². The predicted molar refractivity (Wildman–Crippen MR) is 436 cm³/mol. The molecule has 1 fully saturated rings. The molecule has 3 heterocycles. The zero-order valence-electron chi connectivity index (χ0n) is 71.8. The van der Waals surface area contributed by atoms with Crippen molar-refractivity contribution < 1.29 is 94.3 Å². The zero-order valence-corrected chi connectivity index (χ0v) is 72.6. The summed E-state index contributed by atoms with van der Waals surface area (Å²) in [6.07, 6.45) is 3.67. The van der Waals surface area contributed by atoms with Gasteiger partial charge in [0.15, 0.2) is 0 Å². The molecular weight excluding hydrogens is 1520 g/mol. The van der Waals surface area contributed by atoms with E-state index in [1.54, 1.807) is 146 Å². The molecule has 34 nitrogen and oxygen atoms in total. The number of hydrogen-bond donors (Lipinski definition) is 7. The van der Waals surface area contributed by atoms with E-state index in [1.165, 1.54) is 12.1 Å². The first-order chi connectivity index (χ1) is 54.0. The first kappa shape index (κ1) is 97.7. The van der Waals surface area contributed by atoms with Crippen LogP contribution < -0.4 is 41.4 Å². The lowest BCUT2D eigenvalue weighted by atomic mass is 10.1. The minimum absolute atomic E-state index is 0.0264. The van der Waals surface area contributed by atoms with Crippen LogP contribution in [0, 0.1) is 13.8 Å². The van der Waals surface area contributed by atoms with E-state index in [4.69, 9.17) is 38.3 Å². The Morgan fingerprint density at radius 3 is 1.47 bits per heavy atom. The molecule has 3 aromatic rings. The van der Waals surface area contributed by atoms with E-state index in [0.717, 1.165) is 68.3 Å². The molecule has 2 aliphatic heterocycles. The molecule has 116 heavy (non-hydrogen) atoms. The van der Waals surface area contributed by atoms with Gasteiger partial charge in [0.1, 0.15) is 51.9 Å². The number of hydrogen-bond acceptors (Lipinski definition) is 27. The van der Waals surface area contributed by atoms with E-state index in [2.05, 4.69) is 41.6 Å². The standard InChI is InChI=1S/C81H130N14O20S/c1-54-46-57(47-55(2)72(54)116(107,108)90-62(76(106)109-19)49-86-73(103)56-27-28-58-59(89-91(18)63(58)48-56)24-22-34-83-64-25-20-21-33-82-64)110-45-23-26-65(96)84-35-36-85-74(104)60(29-31-67(98)111-77(3,4)5)88-75(105)61(30-32-68(99)112-78(6,7)8)87-66(97)50-92-37-39-93(51-69(100)113-79(9,10)11)41-43-95(53-71(102)115-81(15,16)17)44-42-94(40-38-92)52-70(101)114-80(12,13)14/h27-28,46-48,60-62,90H,20-26,29-45,49-53H2,1-19H3,(H,82,83)(H,84,96)(H,85,104)(H,86,103)(H,87,97)(H,88,105)/t60-,61-,62-/m0/s1. The second-order valence-electron chi connectivity index (χ2n) is 34.3. The number of amidine groups is 1. The third kappa shape index (κ3) is 37.6. The first-order valence-electron chi connectivity index (χ1n) is 40.0. The molecular formula is C81H130N14O20S. The van der Waals surface area contributed by atoms with Crippen molar-refractivity contribution in [2.45, 2.75) is 239 Å². The van der Waals surface area contributed by atoms with E-state index < -0.39 is 128 Å². The Balaban J connectivity index is 1.22. The molecule has 1 aromatic heterocycles. The molecule has 2 aliphatic rings. The van der Waals surface area contributed by atoms with Gasteiger partial charge in [0.05, 0.1) is 61.8 Å². The molecule has 0 bridgehead atoms. The van der Waals surface area contributed by atoms with Crippen molar-refractivity contribution in [1.29, 1.82) is 0 Å². The van der Waals surface area contributed by atoms with Crippen LogP contribution >= 0.6 is 0 Å². The number of amides is 5. The van der Waals surface area contributed by atoms with E-state index >= 15 is 0 Å². The Hall–Kier alpha value is -8.90. The van der Waals surface area contributed by atoms with Gasteiger partial charge in [-0.3, -0.25) is 82.0 Å². The number of benzene rings is 2. The molecule has 1 saturated heterocycles. The van der Waals surface area contributed by atoms with Crippen LogP contribution in [0.5, 0.6) is 5.75 Å². The Bertz CT molecular complexity index is 3930. The normalized spacial score (nSPS) is 15.7. The molecule has 3 atom stereocenters. The van der Waals surface area contributed by atoms with Crippen LogP contribution in [0.2, 0.25) is 0 Å². The minimum atomic E-state index is -4.43. The number of rotatable bonds is 37. The number of carbonyl (C=O) groups excluding carboxylic acids is 11. The summed E-state index contributed by atoms with van der Waals surface area (Å²) in [6, 6.07) is 3.77. The number of methoxy groups -OCH3 is 1. The Morgan fingerprint density at radius 1 is 0.526 bits per heavy atom. The average Bonchev–Trinajstić information content (AvgIpc) is 1.22. The third-order valence-corrected chi connectivity index (χ3v) is 19.5. The maximum absolute atomic E-state index is 14.7. The van der Waals surface area contributed by atoms with Crippen molar-refractivity contribution in [1.82, 2.24) is 66.0 Å². The highest BCUT2D eigenvalue weighted by Crippen LogP contribution is 2.28. The lowest BCUT2D eigenvalue weighted by Crippen LogP contribution is -2.56. The number of nitrogens with zero attached hydrogens (tertiary/aromatic N) is 7. The smallest absolute Gasteiger partial charge is 0.325 e. The summed E-state index contributed by atoms with van der Waals surface area (Å²) in [7, 11) is -1.53. The lowest BCUT2D eigenvalue weighted by molar-refractivity contribution is -0.158. The number of carbonyl (C=O) groups is 11. The number of nitrogens with one attached hydrogen (secondary N) is 7. The van der Waals surface area contributed by atoms with E-state index in [-0.39, 0.29) is 145 Å². The van der Waals surface area contributed by atoms with Crippen molar-refractivity contribution >= 4 is 92.1 Å². The summed E-state index contributed by atoms with van der Waals surface area (Å²) in [6.45, 7) is 31.2. The molecule has 35 heteroatoms. The number of aliphatic imine (C=N–C) groups is 1. The van der Waals surface area contributed by atoms with Crippen molar-refractivity contribution in [2.75, 3.05) is 125 Å². The second-order valence-corrected chi connectivity index (χ2v) is 36.0. The molecule has 2 aromatic carbocycles. The number of aromatic nitrogens is 2. The van der Waals surface area contributed by atoms with Crippen LogP contribution in [0.25, 0.3) is 10.9 Å². The van der Waals surface area contributed by atoms with Gasteiger partial charge in [-0.2, -0.15) is 9.82 Å². The topological polar surface area (TPSA) is 414 Å². The minimum Gasteiger partial charge on any atom is -0.494 e. The highest BCUT2D eigenvalue weighted by Gasteiger charge is 2.34. The largest absolute Gasteiger partial charge is 0.494 e. The highest BCUT2D eigenvalue weighted by molar-refractivity contribution is 7.89. The van der Waals surface area contributed by atoms with Gasteiger partial charge in [-0.05, 0) is 198 Å². The van der Waals surface area contributed by atoms with Gasteiger partial charge in [0, 0.05) is 129 Å². The number of aryl methyl sites for hydroxylation is 4. The molecule has 0 radical (unpaired) electrons. The molecule has 0 spiro atoms. The first-order valence-corrected chi connectivity index (χ1v) is 41.5. The Labute approximate surface area is 684 Å². The van der Waals surface area contributed by atoms with Crippen molar-refractivity contribution in [3.8, 4) is 5.75 Å². The van der Waals surface area contributed by atoms with Crippen LogP contribution in [0.15, 0.2) is 40.2 Å². The second kappa shape index (κ2) is 45.2. The number of fused-ring (bicyclic) bond motifs is 1. The Morgan fingerprint density at radius 2 is 1.00 bits per heavy atom. The molecule has 0 unspecified atom stereocenters. The molecule has 0 aliphatic carbocycles. The van der Waals surface area contributed by atoms with Gasteiger partial charge in [0.2, 0.25) is 33.7 Å². The number of ether oxygens (including phenoxy) is 7. The van der Waals surface area contributed by atoms with Gasteiger partial charge < -0.3 is 65.1 Å². The fourth-order valence-corrected chi connectivity index (χ4v) is 14.4. The lowest BCUT2D eigenvalue weighted by Gasteiger charge is -2.34. The Kier molecular flexibility index (Phi) is 38.0. The summed E-state index contributed by atoms with van der Waals surface area (Å²) in [5, 5.41) is 22.6. The van der Waals surface area contributed by atoms with Gasteiger partial charge in [-0.15, -0.1) is 0 Å². The molecule has 650 valence electrons. The SMILES string of the molecule is COC(=O)[C@H](CNC(=O)c1ccc2c(CCCNC3=NCCCC3)nn(C)c2c1)NS(=O)(=O)c1c(C)cc(OCCCC(=O)NCCNC(=O)[C@H](CCC(=O)OC(C)(C)C)NC(=O)[C@H](CCC(=O)OC(C)(C)C)NC(=O)CN2CCN(CC(=O)OC(C)(C)C)CCN(CC(=O)OC(C)(C)C)CCN(CC(=O)OC(C)(C)C)CC2)cc1C. The average molecular weight is 1650 g/mol. The van der Waals surface area contributed by atoms with E-state index in [9.17, 15) is 61.2 Å². The maximum atomic E-state index is 14.7. The molecule has 5 rings (SSSR count). The van der Waals surface area contributed by atoms with Crippen LogP contribution in [-0.2, 0) is 99.9 Å². The molecule has 5 amide bonds. The van der Waals surface area contributed by atoms with Gasteiger partial charge in [0.25, 0.3) is 5.91 Å². The van der Waals surface area contributed by atoms with Crippen molar-refractivity contribution in [2.24, 2.45) is 12.0 Å². The fraction of sp³-hybridized carbons (Fsp3) is 0.691. The van der Waals surface area contributed by atoms with Crippen molar-refractivity contribution in [3.63, 3.8) is 0 Å². The zero-order chi connectivity index (χ0) is 86.5. The quantitative estimate of drug-likeness (QED) is 0.0239. The number of sulfonamides is 1. The highest BCUT2D eigenvalue weighted by atomic mass is 32.2. The van der Waals surface area contributed by atoms with Gasteiger partial charge in [-0.1, -0.05) is 6.07 Å². The van der Waals surface area contributed by atoms with E-state index in [1.807, 2.05) is 20.8 Å². The number of esters is 6. The summed E-state index contributed by atoms with van der Waals surface area (Å²) in [4.78, 5) is 161. The summed E-state index contributed by atoms with van der Waals surface area (Å²) in [5.41, 5.74) is -1.72. The van der Waals surface area contributed by atoms with Gasteiger partial charge >= 0.3 is 35.8 Å². The summed E-state index contributed by atoms with van der Waals surface area (Å²) in [5.74, 6) is -5.66. The summed E-state index contributed by atoms with van der Waals surface area (Å²) < 4.78 is 71.3. The van der Waals surface area contributed by atoms with Crippen LogP contribution in [-0.4, -0.2) is 280 Å². The van der Waals surface area contributed by atoms with Gasteiger partial charge in [-0.25, -0.2) is 8.42 Å². The summed E-state index contributed by atoms with van der Waals surface area (Å²) >= 11 is 0.